The Kier molecular flexibility index (Phi) is 8.75. The molecule has 0 spiro atoms. The van der Waals surface area contributed by atoms with Gasteiger partial charge in [-0.25, -0.2) is 9.79 Å². The van der Waals surface area contributed by atoms with Gasteiger partial charge in [-0.2, -0.15) is 0 Å². The van der Waals surface area contributed by atoms with Gasteiger partial charge in [0.25, 0.3) is 11.8 Å². The Morgan fingerprint density at radius 2 is 1.70 bits per heavy atom. The molecular formula is C33H38N6O4. The number of ether oxygens (including phenoxy) is 1. The lowest BCUT2D eigenvalue weighted by Crippen LogP contribution is -2.50. The number of amides is 3. The maximum absolute atomic E-state index is 14.3. The second-order valence-corrected chi connectivity index (χ2v) is 11.4. The Morgan fingerprint density at radius 1 is 0.977 bits per heavy atom. The fraction of sp³-hybridized carbons (Fsp3) is 0.364. The van der Waals surface area contributed by atoms with Crippen molar-refractivity contribution in [3.63, 3.8) is 0 Å². The standard InChI is InChI=1S/C33H38N6O4/c1-23(2)12-13-33(28-11-5-8-25(20-28)27-10-6-14-35-21-27)30(41)39(31(34)36-33)22-24-7-4-9-26(19-24)29(40)37-15-17-38(18-16-37)32(42)43-3/h4-11,14,19-21,23H,12-13,15-18,22H2,1-3H3,(H2,34,36)/t33-/m1/s1. The van der Waals surface area contributed by atoms with E-state index in [9.17, 15) is 14.4 Å². The largest absolute Gasteiger partial charge is 0.453 e. The summed E-state index contributed by atoms with van der Waals surface area (Å²) in [5.74, 6) is 0.230. The van der Waals surface area contributed by atoms with E-state index in [2.05, 4.69) is 18.8 Å². The molecule has 0 saturated carbocycles. The Balaban J connectivity index is 1.37. The number of hydrogen-bond acceptors (Lipinski definition) is 7. The van der Waals surface area contributed by atoms with Crippen molar-refractivity contribution in [3.8, 4) is 11.1 Å². The van der Waals surface area contributed by atoms with Crippen molar-refractivity contribution in [2.45, 2.75) is 38.8 Å². The molecule has 0 radical (unpaired) electrons. The number of hydrogen-bond donors (Lipinski definition) is 1. The van der Waals surface area contributed by atoms with E-state index in [1.165, 1.54) is 12.0 Å². The lowest BCUT2D eigenvalue weighted by atomic mass is 9.82. The number of aromatic nitrogens is 1. The zero-order valence-corrected chi connectivity index (χ0v) is 24.9. The molecule has 1 aromatic heterocycles. The molecule has 0 unspecified atom stereocenters. The van der Waals surface area contributed by atoms with Gasteiger partial charge in [-0.1, -0.05) is 50.2 Å². The van der Waals surface area contributed by atoms with Crippen LogP contribution in [-0.2, 0) is 21.6 Å². The molecule has 1 saturated heterocycles. The van der Waals surface area contributed by atoms with E-state index in [1.54, 1.807) is 34.3 Å². The third kappa shape index (κ3) is 6.23. The fourth-order valence-electron chi connectivity index (χ4n) is 5.66. The molecule has 10 nitrogen and oxygen atoms in total. The Bertz CT molecular complexity index is 1520. The van der Waals surface area contributed by atoms with Gasteiger partial charge in [0, 0.05) is 44.1 Å². The van der Waals surface area contributed by atoms with Crippen LogP contribution in [0.4, 0.5) is 4.79 Å². The summed E-state index contributed by atoms with van der Waals surface area (Å²) >= 11 is 0. The molecule has 10 heteroatoms. The molecule has 2 aliphatic rings. The van der Waals surface area contributed by atoms with Crippen molar-refractivity contribution >= 4 is 23.9 Å². The van der Waals surface area contributed by atoms with Crippen LogP contribution in [0.3, 0.4) is 0 Å². The van der Waals surface area contributed by atoms with Crippen LogP contribution in [0, 0.1) is 5.92 Å². The molecule has 3 aromatic rings. The predicted octanol–water partition coefficient (Wildman–Crippen LogP) is 4.26. The van der Waals surface area contributed by atoms with E-state index in [1.807, 2.05) is 48.5 Å². The van der Waals surface area contributed by atoms with Crippen molar-refractivity contribution in [2.24, 2.45) is 16.6 Å². The highest BCUT2D eigenvalue weighted by atomic mass is 16.5. The number of benzene rings is 2. The van der Waals surface area contributed by atoms with Crippen LogP contribution in [-0.4, -0.2) is 76.8 Å². The minimum atomic E-state index is -1.14. The summed E-state index contributed by atoms with van der Waals surface area (Å²) in [7, 11) is 1.35. The van der Waals surface area contributed by atoms with Crippen molar-refractivity contribution in [2.75, 3.05) is 33.3 Å². The third-order valence-corrected chi connectivity index (χ3v) is 8.11. The quantitative estimate of drug-likeness (QED) is 0.424. The number of piperazine rings is 1. The summed E-state index contributed by atoms with van der Waals surface area (Å²) in [4.78, 5) is 53.3. The Hall–Kier alpha value is -4.73. The molecule has 43 heavy (non-hydrogen) atoms. The van der Waals surface area contributed by atoms with Crippen LogP contribution < -0.4 is 5.73 Å². The second kappa shape index (κ2) is 12.6. The van der Waals surface area contributed by atoms with E-state index < -0.39 is 11.6 Å². The second-order valence-electron chi connectivity index (χ2n) is 11.4. The molecule has 2 aromatic carbocycles. The van der Waals surface area contributed by atoms with Crippen LogP contribution >= 0.6 is 0 Å². The Morgan fingerprint density at radius 3 is 2.40 bits per heavy atom. The molecule has 1 atom stereocenters. The van der Waals surface area contributed by atoms with Gasteiger partial charge in [0.1, 0.15) is 0 Å². The van der Waals surface area contributed by atoms with E-state index >= 15 is 0 Å². The number of carbonyl (C=O) groups excluding carboxylic acids is 3. The molecule has 3 amide bonds. The zero-order valence-electron chi connectivity index (χ0n) is 24.9. The van der Waals surface area contributed by atoms with Gasteiger partial charge in [-0.15, -0.1) is 0 Å². The number of carbonyl (C=O) groups is 3. The third-order valence-electron chi connectivity index (χ3n) is 8.11. The summed E-state index contributed by atoms with van der Waals surface area (Å²) in [5, 5.41) is 0. The summed E-state index contributed by atoms with van der Waals surface area (Å²) in [5.41, 5.74) is 9.32. The Labute approximate surface area is 252 Å². The van der Waals surface area contributed by atoms with Crippen molar-refractivity contribution in [3.05, 3.63) is 89.7 Å². The van der Waals surface area contributed by atoms with E-state index in [-0.39, 0.29) is 24.3 Å². The minimum absolute atomic E-state index is 0.126. The van der Waals surface area contributed by atoms with Gasteiger partial charge in [0.05, 0.1) is 13.7 Å². The fourth-order valence-corrected chi connectivity index (χ4v) is 5.66. The molecule has 2 N–H and O–H groups in total. The van der Waals surface area contributed by atoms with Crippen LogP contribution in [0.25, 0.3) is 11.1 Å². The minimum Gasteiger partial charge on any atom is -0.453 e. The van der Waals surface area contributed by atoms with Crippen molar-refractivity contribution in [1.29, 1.82) is 0 Å². The van der Waals surface area contributed by atoms with Crippen LogP contribution in [0.2, 0.25) is 0 Å². The average molecular weight is 583 g/mol. The normalized spacial score (nSPS) is 18.7. The number of guanidine groups is 1. The number of pyridine rings is 1. The first-order valence-electron chi connectivity index (χ1n) is 14.6. The van der Waals surface area contributed by atoms with Crippen LogP contribution in [0.5, 0.6) is 0 Å². The van der Waals surface area contributed by atoms with Crippen LogP contribution in [0.15, 0.2) is 78.0 Å². The van der Waals surface area contributed by atoms with Gasteiger partial charge in [-0.3, -0.25) is 19.5 Å². The molecule has 0 aliphatic carbocycles. The number of rotatable bonds is 8. The first kappa shape index (κ1) is 29.8. The number of aliphatic imine (C=N–C) groups is 1. The molecule has 3 heterocycles. The predicted molar refractivity (Wildman–Crippen MR) is 164 cm³/mol. The number of nitrogens with two attached hydrogens (primary N) is 1. The average Bonchev–Trinajstić information content (AvgIpc) is 3.28. The smallest absolute Gasteiger partial charge is 0.409 e. The van der Waals surface area contributed by atoms with Crippen molar-refractivity contribution in [1.82, 2.24) is 19.7 Å². The number of nitrogens with zero attached hydrogens (tertiary/aromatic N) is 5. The van der Waals surface area contributed by atoms with Gasteiger partial charge in [-0.05, 0) is 65.3 Å². The first-order valence-corrected chi connectivity index (χ1v) is 14.6. The number of methoxy groups -OCH3 is 1. The maximum atomic E-state index is 14.3. The summed E-state index contributed by atoms with van der Waals surface area (Å²) in [6.07, 6.45) is 4.45. The molecule has 0 bridgehead atoms. The van der Waals surface area contributed by atoms with E-state index in [4.69, 9.17) is 15.5 Å². The summed E-state index contributed by atoms with van der Waals surface area (Å²) < 4.78 is 4.79. The molecule has 1 fully saturated rings. The molecule has 224 valence electrons. The summed E-state index contributed by atoms with van der Waals surface area (Å²) in [6.45, 7) is 6.10. The monoisotopic (exact) mass is 582 g/mol. The lowest BCUT2D eigenvalue weighted by molar-refractivity contribution is -0.132. The highest BCUT2D eigenvalue weighted by molar-refractivity contribution is 6.07. The molecule has 5 rings (SSSR count). The maximum Gasteiger partial charge on any atom is 0.409 e. The van der Waals surface area contributed by atoms with Crippen LogP contribution in [0.1, 0.15) is 48.2 Å². The highest BCUT2D eigenvalue weighted by Crippen LogP contribution is 2.40. The van der Waals surface area contributed by atoms with Gasteiger partial charge in [0.15, 0.2) is 11.5 Å². The zero-order chi connectivity index (χ0) is 30.6. The van der Waals surface area contributed by atoms with E-state index in [0.717, 1.165) is 28.7 Å². The first-order chi connectivity index (χ1) is 20.7. The van der Waals surface area contributed by atoms with Gasteiger partial charge >= 0.3 is 6.09 Å². The SMILES string of the molecule is COC(=O)N1CCN(C(=O)c2cccc(CN3C(=O)[C@@](CCC(C)C)(c4cccc(-c5cccnc5)c4)N=C3N)c2)CC1. The van der Waals surface area contributed by atoms with Crippen molar-refractivity contribution < 1.29 is 19.1 Å². The topological polar surface area (TPSA) is 121 Å². The molecule has 2 aliphatic heterocycles. The van der Waals surface area contributed by atoms with E-state index in [0.29, 0.717) is 44.1 Å². The molecular weight excluding hydrogens is 544 g/mol. The lowest BCUT2D eigenvalue weighted by Gasteiger charge is -2.34. The van der Waals surface area contributed by atoms with Gasteiger partial charge in [0.2, 0.25) is 0 Å². The summed E-state index contributed by atoms with van der Waals surface area (Å²) in [6, 6.07) is 19.0. The highest BCUT2D eigenvalue weighted by Gasteiger charge is 2.49. The van der Waals surface area contributed by atoms with Gasteiger partial charge < -0.3 is 20.3 Å².